The van der Waals surface area contributed by atoms with E-state index in [2.05, 4.69) is 33.6 Å². The van der Waals surface area contributed by atoms with Gasteiger partial charge >= 0.3 is 19.4 Å². The minimum absolute atomic E-state index is 0.113. The van der Waals surface area contributed by atoms with Gasteiger partial charge in [0, 0.05) is 19.2 Å². The maximum absolute atomic E-state index is 13.7. The fourth-order valence-corrected chi connectivity index (χ4v) is 5.88. The van der Waals surface area contributed by atoms with Crippen LogP contribution in [0.25, 0.3) is 6.08 Å². The van der Waals surface area contributed by atoms with Crippen LogP contribution < -0.4 is 20.9 Å². The molecular weight excluding hydrogens is 555 g/mol. The van der Waals surface area contributed by atoms with Gasteiger partial charge in [0.05, 0.1) is 12.7 Å². The molecule has 0 amide bonds. The van der Waals surface area contributed by atoms with Gasteiger partial charge in [-0.25, -0.2) is 9.36 Å². The normalized spacial score (nSPS) is 21.2. The van der Waals surface area contributed by atoms with E-state index in [4.69, 9.17) is 13.8 Å². The lowest BCUT2D eigenvalue weighted by molar-refractivity contribution is -0.143. The Labute approximate surface area is 238 Å². The molecule has 1 aromatic heterocycles. The van der Waals surface area contributed by atoms with Gasteiger partial charge in [-0.15, -0.1) is 0 Å². The number of H-pyrrole nitrogens is 1. The van der Waals surface area contributed by atoms with E-state index in [-0.39, 0.29) is 17.7 Å². The molecule has 1 saturated heterocycles. The zero-order chi connectivity index (χ0) is 30.0. The smallest absolute Gasteiger partial charge is 0.461 e. The van der Waals surface area contributed by atoms with E-state index in [1.54, 1.807) is 24.3 Å². The van der Waals surface area contributed by atoms with E-state index < -0.39 is 49.6 Å². The van der Waals surface area contributed by atoms with E-state index >= 15 is 0 Å². The molecule has 1 fully saturated rings. The average molecular weight is 595 g/mol. The largest absolute Gasteiger partial charge is 0.468 e. The predicted octanol–water partition coefficient (Wildman–Crippen LogP) is 2.63. The first-order chi connectivity index (χ1) is 19.6. The fourth-order valence-electron chi connectivity index (χ4n) is 4.28. The van der Waals surface area contributed by atoms with Gasteiger partial charge in [-0.3, -0.25) is 28.6 Å². The van der Waals surface area contributed by atoms with Crippen molar-refractivity contribution in [1.29, 1.82) is 0 Å². The van der Waals surface area contributed by atoms with Crippen molar-refractivity contribution in [3.8, 4) is 5.75 Å². The van der Waals surface area contributed by atoms with Crippen LogP contribution in [0.4, 0.5) is 0 Å². The lowest BCUT2D eigenvalue weighted by Gasteiger charge is -2.26. The van der Waals surface area contributed by atoms with Crippen molar-refractivity contribution in [1.82, 2.24) is 19.5 Å². The van der Waals surface area contributed by atoms with Crippen molar-refractivity contribution in [2.45, 2.75) is 64.7 Å². The van der Waals surface area contributed by atoms with E-state index in [0.29, 0.717) is 6.54 Å². The van der Waals surface area contributed by atoms with Crippen molar-refractivity contribution in [3.05, 3.63) is 69.0 Å². The second-order valence-electron chi connectivity index (χ2n) is 9.60. The molecule has 41 heavy (non-hydrogen) atoms. The summed E-state index contributed by atoms with van der Waals surface area (Å²) in [6.45, 7) is 8.10. The van der Waals surface area contributed by atoms with E-state index in [1.165, 1.54) is 32.4 Å². The van der Waals surface area contributed by atoms with Gasteiger partial charge in [-0.2, -0.15) is 5.09 Å². The maximum Gasteiger partial charge on any atom is 0.461 e. The molecule has 5 atom stereocenters. The number of hydrogen-bond donors (Lipinski definition) is 3. The number of benzene rings is 1. The maximum atomic E-state index is 13.7. The number of hydrogen-bond acceptors (Lipinski definition) is 10. The third-order valence-corrected chi connectivity index (χ3v) is 7.85. The van der Waals surface area contributed by atoms with Crippen molar-refractivity contribution in [3.63, 3.8) is 0 Å². The van der Waals surface area contributed by atoms with Gasteiger partial charge in [0.2, 0.25) is 0 Å². The van der Waals surface area contributed by atoms with Gasteiger partial charge in [-0.05, 0) is 45.0 Å². The lowest BCUT2D eigenvalue weighted by atomic mass is 10.2. The number of methoxy groups -OCH3 is 1. The number of aromatic nitrogens is 2. The summed E-state index contributed by atoms with van der Waals surface area (Å²) in [6, 6.07) is 7.02. The molecule has 1 aliphatic rings. The van der Waals surface area contributed by atoms with Crippen LogP contribution in [-0.2, 0) is 23.4 Å². The molecule has 14 heteroatoms. The summed E-state index contributed by atoms with van der Waals surface area (Å²) < 4.78 is 36.5. The SMILES string of the molecule is CCCN(C/C=C/c1cn(C2CC(O)C(OP(=O)(NC(C)C(=O)OC)Oc3ccccc3)O2)c(=O)[nH]c1=O)CCC. The summed E-state index contributed by atoms with van der Waals surface area (Å²) in [4.78, 5) is 41.6. The van der Waals surface area contributed by atoms with E-state index in [9.17, 15) is 24.1 Å². The Morgan fingerprint density at radius 3 is 2.59 bits per heavy atom. The Bertz CT molecular complexity index is 1320. The first kappa shape index (κ1) is 32.5. The third kappa shape index (κ3) is 9.22. The molecule has 3 rings (SSSR count). The number of nitrogens with zero attached hydrogens (tertiary/aromatic N) is 2. The van der Waals surface area contributed by atoms with Crippen LogP contribution in [-0.4, -0.2) is 70.7 Å². The number of aromatic amines is 1. The van der Waals surface area contributed by atoms with Crippen LogP contribution in [0.2, 0.25) is 0 Å². The van der Waals surface area contributed by atoms with Gasteiger partial charge < -0.3 is 19.1 Å². The number of para-hydroxylation sites is 1. The van der Waals surface area contributed by atoms with Crippen molar-refractivity contribution >= 4 is 19.8 Å². The van der Waals surface area contributed by atoms with Gasteiger partial charge in [0.15, 0.2) is 6.29 Å². The van der Waals surface area contributed by atoms with Crippen molar-refractivity contribution in [2.24, 2.45) is 0 Å². The quantitative estimate of drug-likeness (QED) is 0.205. The van der Waals surface area contributed by atoms with Crippen LogP contribution >= 0.6 is 7.75 Å². The Balaban J connectivity index is 1.79. The van der Waals surface area contributed by atoms with Crippen LogP contribution in [0, 0.1) is 0 Å². The number of nitrogens with one attached hydrogen (secondary N) is 2. The summed E-state index contributed by atoms with van der Waals surface area (Å²) in [7, 11) is -3.15. The van der Waals surface area contributed by atoms with Gasteiger partial charge in [0.25, 0.3) is 5.56 Å². The monoisotopic (exact) mass is 594 g/mol. The molecule has 0 spiro atoms. The van der Waals surface area contributed by atoms with Gasteiger partial charge in [0.1, 0.15) is 24.1 Å². The second-order valence-corrected chi connectivity index (χ2v) is 11.2. The lowest BCUT2D eigenvalue weighted by Crippen LogP contribution is -2.37. The van der Waals surface area contributed by atoms with Gasteiger partial charge in [-0.1, -0.05) is 44.2 Å². The molecular formula is C27H39N4O9P. The summed E-state index contributed by atoms with van der Waals surface area (Å²) >= 11 is 0. The third-order valence-electron chi connectivity index (χ3n) is 6.21. The molecule has 13 nitrogen and oxygen atoms in total. The first-order valence-corrected chi connectivity index (χ1v) is 15.1. The summed E-state index contributed by atoms with van der Waals surface area (Å²) in [6.07, 6.45) is 2.86. The summed E-state index contributed by atoms with van der Waals surface area (Å²) in [5.74, 6) is -0.543. The highest BCUT2D eigenvalue weighted by molar-refractivity contribution is 7.52. The molecule has 5 unspecified atom stereocenters. The second kappa shape index (κ2) is 15.2. The Hall–Kier alpha value is -3.06. The van der Waals surface area contributed by atoms with Crippen molar-refractivity contribution in [2.75, 3.05) is 26.7 Å². The Kier molecular flexibility index (Phi) is 12.1. The Morgan fingerprint density at radius 2 is 1.95 bits per heavy atom. The number of esters is 1. The highest BCUT2D eigenvalue weighted by Gasteiger charge is 2.43. The fraction of sp³-hybridized carbons (Fsp3) is 0.519. The first-order valence-electron chi connectivity index (χ1n) is 13.6. The molecule has 1 aliphatic heterocycles. The number of aliphatic hydroxyl groups excluding tert-OH is 1. The van der Waals surface area contributed by atoms with Crippen LogP contribution in [0.3, 0.4) is 0 Å². The predicted molar refractivity (Wildman–Crippen MR) is 152 cm³/mol. The molecule has 0 radical (unpaired) electrons. The van der Waals surface area contributed by atoms with Crippen LogP contribution in [0.15, 0.2) is 52.2 Å². The van der Waals surface area contributed by atoms with Crippen LogP contribution in [0.5, 0.6) is 5.75 Å². The van der Waals surface area contributed by atoms with E-state index in [0.717, 1.165) is 30.5 Å². The molecule has 226 valence electrons. The number of carbonyl (C=O) groups excluding carboxylic acids is 1. The van der Waals surface area contributed by atoms with Crippen LogP contribution in [0.1, 0.15) is 51.8 Å². The number of rotatable bonds is 15. The van der Waals surface area contributed by atoms with Crippen molar-refractivity contribution < 1.29 is 33.0 Å². The highest BCUT2D eigenvalue weighted by atomic mass is 31.2. The molecule has 0 aliphatic carbocycles. The zero-order valence-corrected chi connectivity index (χ0v) is 24.6. The summed E-state index contributed by atoms with van der Waals surface area (Å²) in [5, 5.41) is 13.2. The molecule has 0 saturated carbocycles. The highest BCUT2D eigenvalue weighted by Crippen LogP contribution is 2.48. The Morgan fingerprint density at radius 1 is 1.27 bits per heavy atom. The number of ether oxygens (including phenoxy) is 2. The minimum Gasteiger partial charge on any atom is -0.468 e. The molecule has 0 bridgehead atoms. The number of aliphatic hydroxyl groups is 1. The zero-order valence-electron chi connectivity index (χ0n) is 23.7. The summed E-state index contributed by atoms with van der Waals surface area (Å²) in [5.41, 5.74) is -1.08. The molecule has 2 aromatic rings. The molecule has 2 heterocycles. The standard InChI is InChI=1S/C27H39N4O9P/c1-5-14-30(15-6-2)16-10-11-20-18-31(27(35)28-24(20)33)23-17-22(32)26(38-23)40-41(36,29-19(3)25(34)37-4)39-21-12-8-7-9-13-21/h7-13,18-19,22-23,26,32H,5-6,14-17H2,1-4H3,(H,29,36)(H,28,33,35)/b11-10+. The molecule has 1 aromatic carbocycles. The topological polar surface area (TPSA) is 161 Å². The number of carbonyl (C=O) groups is 1. The van der Waals surface area contributed by atoms with E-state index in [1.807, 2.05) is 6.08 Å². The average Bonchev–Trinajstić information content (AvgIpc) is 3.28. The molecule has 3 N–H and O–H groups in total. The minimum atomic E-state index is -4.33.